The largest absolute Gasteiger partial charge is 0.286 e. The molecule has 1 aliphatic rings. The number of amides is 1. The summed E-state index contributed by atoms with van der Waals surface area (Å²) in [7, 11) is -0.598. The zero-order chi connectivity index (χ0) is 23.9. The average molecular weight is 483 g/mol. The van der Waals surface area contributed by atoms with E-state index < -0.39 is 10.0 Å². The van der Waals surface area contributed by atoms with Crippen LogP contribution in [0.1, 0.15) is 28.5 Å². The zero-order valence-corrected chi connectivity index (χ0v) is 20.9. The van der Waals surface area contributed by atoms with E-state index in [2.05, 4.69) is 9.98 Å². The summed E-state index contributed by atoms with van der Waals surface area (Å²) in [6.45, 7) is 6.40. The summed E-state index contributed by atoms with van der Waals surface area (Å²) in [5.41, 5.74) is 3.65. The topological polar surface area (TPSA) is 82.9 Å². The van der Waals surface area contributed by atoms with Gasteiger partial charge in [-0.25, -0.2) is 17.7 Å². The number of fused-ring (bicyclic) bond motifs is 1. The fraction of sp³-hybridized carbons (Fsp3) is 0.292. The molecule has 7 nitrogen and oxygen atoms in total. The van der Waals surface area contributed by atoms with Crippen LogP contribution in [0.25, 0.3) is 10.9 Å². The first kappa shape index (κ1) is 23.4. The number of carbonyl (C=O) groups excluding carboxylic acids is 1. The molecular formula is C24H26N4O3S2. The lowest BCUT2D eigenvalue weighted by atomic mass is 10.1. The number of carbonyl (C=O) groups is 1. The fourth-order valence-corrected chi connectivity index (χ4v) is 5.63. The molecule has 4 rings (SSSR count). The predicted molar refractivity (Wildman–Crippen MR) is 134 cm³/mol. The molecule has 3 aromatic rings. The maximum absolute atomic E-state index is 13.5. The number of amidine groups is 1. The summed E-state index contributed by atoms with van der Waals surface area (Å²) >= 11 is 1.50. The van der Waals surface area contributed by atoms with Crippen molar-refractivity contribution in [2.24, 2.45) is 4.99 Å². The van der Waals surface area contributed by atoms with Gasteiger partial charge in [0.25, 0.3) is 5.91 Å². The lowest BCUT2D eigenvalue weighted by molar-refractivity contribution is 0.0854. The van der Waals surface area contributed by atoms with Crippen LogP contribution in [0.3, 0.4) is 0 Å². The Labute approximate surface area is 198 Å². The second-order valence-electron chi connectivity index (χ2n) is 8.34. The van der Waals surface area contributed by atoms with Gasteiger partial charge in [-0.2, -0.15) is 0 Å². The van der Waals surface area contributed by atoms with Crippen molar-refractivity contribution < 1.29 is 13.2 Å². The molecule has 1 amide bonds. The first-order chi connectivity index (χ1) is 15.6. The van der Waals surface area contributed by atoms with Gasteiger partial charge in [0.1, 0.15) is 0 Å². The number of aryl methyl sites for hydroxylation is 2. The van der Waals surface area contributed by atoms with Crippen LogP contribution in [-0.4, -0.2) is 59.6 Å². The highest BCUT2D eigenvalue weighted by molar-refractivity contribution is 8.14. The first-order valence-corrected chi connectivity index (χ1v) is 12.9. The minimum atomic E-state index is -3.58. The van der Waals surface area contributed by atoms with E-state index in [1.54, 1.807) is 23.1 Å². The van der Waals surface area contributed by atoms with E-state index in [9.17, 15) is 13.2 Å². The third kappa shape index (κ3) is 4.66. The number of nitrogens with zero attached hydrogens (tertiary/aromatic N) is 4. The van der Waals surface area contributed by atoms with Gasteiger partial charge < -0.3 is 0 Å². The first-order valence-electron chi connectivity index (χ1n) is 10.5. The van der Waals surface area contributed by atoms with Gasteiger partial charge in [-0.15, -0.1) is 0 Å². The van der Waals surface area contributed by atoms with E-state index >= 15 is 0 Å². The van der Waals surface area contributed by atoms with Crippen molar-refractivity contribution in [3.8, 4) is 0 Å². The van der Waals surface area contributed by atoms with Crippen molar-refractivity contribution in [3.63, 3.8) is 0 Å². The molecule has 0 aliphatic carbocycles. The zero-order valence-electron chi connectivity index (χ0n) is 19.2. The van der Waals surface area contributed by atoms with E-state index in [0.29, 0.717) is 28.7 Å². The van der Waals surface area contributed by atoms with Crippen LogP contribution in [-0.2, 0) is 10.0 Å². The summed E-state index contributed by atoms with van der Waals surface area (Å²) in [5, 5.41) is 1.64. The van der Waals surface area contributed by atoms with Crippen molar-refractivity contribution in [3.05, 3.63) is 65.4 Å². The molecule has 0 radical (unpaired) electrons. The highest BCUT2D eigenvalue weighted by Crippen LogP contribution is 2.31. The Morgan fingerprint density at radius 2 is 1.91 bits per heavy atom. The van der Waals surface area contributed by atoms with E-state index in [4.69, 9.17) is 0 Å². The highest BCUT2D eigenvalue weighted by Gasteiger charge is 2.32. The van der Waals surface area contributed by atoms with Crippen LogP contribution < -0.4 is 0 Å². The fourth-order valence-electron chi connectivity index (χ4n) is 3.66. The van der Waals surface area contributed by atoms with Gasteiger partial charge in [-0.3, -0.25) is 14.7 Å². The summed E-state index contributed by atoms with van der Waals surface area (Å²) < 4.78 is 26.2. The molecule has 1 saturated heterocycles. The molecule has 1 aromatic heterocycles. The maximum Gasteiger partial charge on any atom is 0.261 e. The van der Waals surface area contributed by atoms with Gasteiger partial charge in [0.2, 0.25) is 10.0 Å². The predicted octanol–water partition coefficient (Wildman–Crippen LogP) is 4.37. The number of pyridine rings is 1. The smallest absolute Gasteiger partial charge is 0.261 e. The Kier molecular flexibility index (Phi) is 6.30. The summed E-state index contributed by atoms with van der Waals surface area (Å²) in [4.78, 5) is 24.7. The van der Waals surface area contributed by atoms with Gasteiger partial charge in [0.15, 0.2) is 5.17 Å². The number of hydrogen-bond donors (Lipinski definition) is 0. The van der Waals surface area contributed by atoms with Crippen molar-refractivity contribution in [1.29, 1.82) is 0 Å². The Morgan fingerprint density at radius 3 is 2.64 bits per heavy atom. The molecule has 172 valence electrons. The van der Waals surface area contributed by atoms with E-state index in [1.807, 2.05) is 45.0 Å². The minimum absolute atomic E-state index is 0.156. The third-order valence-electron chi connectivity index (χ3n) is 5.43. The van der Waals surface area contributed by atoms with Crippen LogP contribution in [0.5, 0.6) is 0 Å². The van der Waals surface area contributed by atoms with Crippen LogP contribution in [0.15, 0.2) is 58.4 Å². The number of aromatic nitrogens is 1. The summed E-state index contributed by atoms with van der Waals surface area (Å²) in [5.74, 6) is -0.156. The third-order valence-corrected chi connectivity index (χ3v) is 8.32. The summed E-state index contributed by atoms with van der Waals surface area (Å²) in [6.07, 6.45) is 0. The Hall–Kier alpha value is -2.75. The molecule has 0 spiro atoms. The molecule has 2 heterocycles. The number of sulfonamides is 1. The van der Waals surface area contributed by atoms with Gasteiger partial charge in [0, 0.05) is 31.3 Å². The van der Waals surface area contributed by atoms with Crippen molar-refractivity contribution >= 4 is 49.5 Å². The van der Waals surface area contributed by atoms with Crippen molar-refractivity contribution in [2.45, 2.75) is 30.9 Å². The van der Waals surface area contributed by atoms with Gasteiger partial charge >= 0.3 is 0 Å². The molecule has 1 atom stereocenters. The van der Waals surface area contributed by atoms with Crippen LogP contribution in [0, 0.1) is 13.8 Å². The highest BCUT2D eigenvalue weighted by atomic mass is 32.2. The number of hydrogen-bond acceptors (Lipinski definition) is 6. The lowest BCUT2D eigenvalue weighted by Crippen LogP contribution is -2.33. The Bertz CT molecular complexity index is 1380. The molecule has 0 N–H and O–H groups in total. The van der Waals surface area contributed by atoms with E-state index in [1.165, 1.54) is 36.2 Å². The number of benzene rings is 2. The standard InChI is InChI=1S/C24H26N4O3S2/c1-15-9-10-22-18(11-15)12-21(17(3)25-22)23(29)28-14-16(2)32-24(28)26-19-7-6-8-20(13-19)33(30,31)27(4)5/h6-13,16H,14H2,1-5H3. The Balaban J connectivity index is 1.72. The van der Waals surface area contributed by atoms with Crippen LogP contribution in [0.4, 0.5) is 5.69 Å². The van der Waals surface area contributed by atoms with Crippen LogP contribution in [0.2, 0.25) is 0 Å². The Morgan fingerprint density at radius 1 is 1.15 bits per heavy atom. The second kappa shape index (κ2) is 8.89. The van der Waals surface area contributed by atoms with E-state index in [0.717, 1.165) is 16.5 Å². The van der Waals surface area contributed by atoms with Crippen molar-refractivity contribution in [2.75, 3.05) is 20.6 Å². The lowest BCUT2D eigenvalue weighted by Gasteiger charge is -2.18. The van der Waals surface area contributed by atoms with Crippen molar-refractivity contribution in [1.82, 2.24) is 14.2 Å². The molecule has 1 fully saturated rings. The monoisotopic (exact) mass is 482 g/mol. The number of thioether (sulfide) groups is 1. The van der Waals surface area contributed by atoms with Crippen LogP contribution >= 0.6 is 11.8 Å². The molecular weight excluding hydrogens is 456 g/mol. The molecule has 1 aliphatic heterocycles. The summed E-state index contributed by atoms with van der Waals surface area (Å²) in [6, 6.07) is 14.3. The van der Waals surface area contributed by atoms with Gasteiger partial charge in [-0.1, -0.05) is 36.4 Å². The number of rotatable bonds is 4. The molecule has 0 saturated carbocycles. The minimum Gasteiger partial charge on any atom is -0.286 e. The average Bonchev–Trinajstić information content (AvgIpc) is 3.13. The molecule has 33 heavy (non-hydrogen) atoms. The molecule has 1 unspecified atom stereocenters. The SMILES string of the molecule is Cc1ccc2nc(C)c(C(=O)N3CC(C)SC3=Nc3cccc(S(=O)(=O)N(C)C)c3)cc2c1. The quantitative estimate of drug-likeness (QED) is 0.552. The normalized spacial score (nSPS) is 17.9. The second-order valence-corrected chi connectivity index (χ2v) is 11.9. The maximum atomic E-state index is 13.5. The molecule has 2 aromatic carbocycles. The number of aliphatic imine (C=N–C) groups is 1. The molecule has 9 heteroatoms. The van der Waals surface area contributed by atoms with E-state index in [-0.39, 0.29) is 16.1 Å². The molecule has 0 bridgehead atoms. The van der Waals surface area contributed by atoms with Gasteiger partial charge in [0.05, 0.1) is 27.4 Å². The van der Waals surface area contributed by atoms with Gasteiger partial charge in [-0.05, 0) is 50.2 Å².